The molecular weight excluding hydrogens is 586 g/mol. The number of halogens is 1. The lowest BCUT2D eigenvalue weighted by Crippen LogP contribution is -2.44. The van der Waals surface area contributed by atoms with Gasteiger partial charge < -0.3 is 10.6 Å². The average Bonchev–Trinajstić information content (AvgIpc) is 3.56. The molecule has 0 aromatic heterocycles. The lowest BCUT2D eigenvalue weighted by molar-refractivity contribution is -0.132. The summed E-state index contributed by atoms with van der Waals surface area (Å²) in [5.74, 6) is 0.306. The quantitative estimate of drug-likeness (QED) is 0.0684. The molecule has 274 valence electrons. The Bertz CT molecular complexity index is 687. The molecular formula is C41H82ClN3O. The van der Waals surface area contributed by atoms with Crippen molar-refractivity contribution < 1.29 is 4.79 Å². The maximum Gasteiger partial charge on any atom is 0.223 e. The molecule has 0 aromatic rings. The van der Waals surface area contributed by atoms with Gasteiger partial charge in [-0.2, -0.15) is 0 Å². The fourth-order valence-corrected chi connectivity index (χ4v) is 7.59. The number of rotatable bonds is 35. The fourth-order valence-electron chi connectivity index (χ4n) is 7.59. The molecule has 5 heteroatoms. The van der Waals surface area contributed by atoms with Gasteiger partial charge in [0.2, 0.25) is 5.91 Å². The molecule has 0 saturated heterocycles. The molecule has 1 amide bonds. The summed E-state index contributed by atoms with van der Waals surface area (Å²) in [6.07, 6.45) is 43.5. The molecule has 0 aliphatic carbocycles. The zero-order valence-corrected chi connectivity index (χ0v) is 32.3. The highest BCUT2D eigenvalue weighted by Gasteiger charge is 2.41. The van der Waals surface area contributed by atoms with Gasteiger partial charge in [-0.15, -0.1) is 12.4 Å². The van der Waals surface area contributed by atoms with Gasteiger partial charge >= 0.3 is 0 Å². The molecule has 46 heavy (non-hydrogen) atoms. The average molecular weight is 669 g/mol. The van der Waals surface area contributed by atoms with Crippen molar-refractivity contribution in [2.45, 2.75) is 220 Å². The van der Waals surface area contributed by atoms with Crippen LogP contribution in [0, 0.1) is 11.3 Å². The Morgan fingerprint density at radius 1 is 0.630 bits per heavy atom. The zero-order chi connectivity index (χ0) is 32.7. The van der Waals surface area contributed by atoms with Gasteiger partial charge in [-0.25, -0.2) is 0 Å². The molecule has 4 nitrogen and oxygen atoms in total. The first-order valence-electron chi connectivity index (χ1n) is 20.6. The lowest BCUT2D eigenvalue weighted by atomic mass is 9.67. The van der Waals surface area contributed by atoms with Crippen molar-refractivity contribution in [2.24, 2.45) is 22.1 Å². The first-order valence-corrected chi connectivity index (χ1v) is 20.6. The van der Waals surface area contributed by atoms with Crippen molar-refractivity contribution in [2.75, 3.05) is 19.6 Å². The Hall–Kier alpha value is -0.770. The minimum Gasteiger partial charge on any atom is -0.369 e. The largest absolute Gasteiger partial charge is 0.369 e. The Labute approximate surface area is 295 Å². The van der Waals surface area contributed by atoms with E-state index in [0.717, 1.165) is 45.3 Å². The number of nitrogens with zero attached hydrogens (tertiary/aromatic N) is 2. The van der Waals surface area contributed by atoms with E-state index in [0.29, 0.717) is 5.92 Å². The number of aliphatic imine (C=N–C) groups is 1. The van der Waals surface area contributed by atoms with E-state index < -0.39 is 0 Å². The smallest absolute Gasteiger partial charge is 0.223 e. The van der Waals surface area contributed by atoms with Crippen molar-refractivity contribution in [3.05, 3.63) is 0 Å². The van der Waals surface area contributed by atoms with Gasteiger partial charge in [0.25, 0.3) is 0 Å². The van der Waals surface area contributed by atoms with E-state index in [9.17, 15) is 4.79 Å². The number of primary amides is 1. The van der Waals surface area contributed by atoms with Crippen LogP contribution in [0.15, 0.2) is 4.99 Å². The first kappa shape index (κ1) is 45.2. The van der Waals surface area contributed by atoms with Crippen molar-refractivity contribution >= 4 is 24.7 Å². The van der Waals surface area contributed by atoms with Crippen LogP contribution >= 0.6 is 12.4 Å². The van der Waals surface area contributed by atoms with Gasteiger partial charge in [-0.05, 0) is 25.2 Å². The molecule has 0 spiro atoms. The van der Waals surface area contributed by atoms with E-state index >= 15 is 0 Å². The highest BCUT2D eigenvalue weighted by molar-refractivity contribution is 5.85. The van der Waals surface area contributed by atoms with E-state index in [4.69, 9.17) is 5.73 Å². The molecule has 1 heterocycles. The Balaban J connectivity index is 0.0000202. The lowest BCUT2D eigenvalue weighted by Gasteiger charge is -2.38. The van der Waals surface area contributed by atoms with Crippen LogP contribution in [0.2, 0.25) is 0 Å². The minimum atomic E-state index is -0.371. The molecule has 0 bridgehead atoms. The van der Waals surface area contributed by atoms with Gasteiger partial charge in [0.15, 0.2) is 0 Å². The third-order valence-electron chi connectivity index (χ3n) is 11.0. The van der Waals surface area contributed by atoms with Gasteiger partial charge in [0.1, 0.15) is 0 Å². The number of carbonyl (C=O) groups excluding carboxylic acids is 1. The molecule has 2 atom stereocenters. The second-order valence-electron chi connectivity index (χ2n) is 15.0. The standard InChI is InChI=1S/C41H81N3O.ClH/c1-4-6-8-10-12-14-16-18-19-21-23-25-27-29-31-33-41(40(42)45,34-36-44-37-35-43-38-44)39(3)32-30-28-26-24-22-20-17-15-13-11-9-7-5-2;/h38-39H,4-37H2,1-3H3,(H2,42,45);1H. The van der Waals surface area contributed by atoms with Crippen LogP contribution < -0.4 is 5.73 Å². The van der Waals surface area contributed by atoms with Crippen LogP contribution in [-0.4, -0.2) is 36.8 Å². The van der Waals surface area contributed by atoms with Gasteiger partial charge in [-0.3, -0.25) is 9.79 Å². The maximum absolute atomic E-state index is 13.2. The number of carbonyl (C=O) groups is 1. The summed E-state index contributed by atoms with van der Waals surface area (Å²) in [5, 5.41) is 0. The molecule has 0 radical (unpaired) electrons. The van der Waals surface area contributed by atoms with Crippen molar-refractivity contribution in [3.63, 3.8) is 0 Å². The molecule has 1 aliphatic rings. The monoisotopic (exact) mass is 668 g/mol. The fraction of sp³-hybridized carbons (Fsp3) is 0.951. The Morgan fingerprint density at radius 3 is 1.35 bits per heavy atom. The van der Waals surface area contributed by atoms with E-state index in [1.807, 2.05) is 6.34 Å². The van der Waals surface area contributed by atoms with Crippen LogP contribution in [0.3, 0.4) is 0 Å². The third-order valence-corrected chi connectivity index (χ3v) is 11.0. The van der Waals surface area contributed by atoms with Crippen LogP contribution in [0.25, 0.3) is 0 Å². The van der Waals surface area contributed by atoms with Crippen LogP contribution in [0.1, 0.15) is 220 Å². The summed E-state index contributed by atoms with van der Waals surface area (Å²) in [6.45, 7) is 9.70. The highest BCUT2D eigenvalue weighted by Crippen LogP contribution is 2.40. The normalized spacial score (nSPS) is 14.8. The van der Waals surface area contributed by atoms with Gasteiger partial charge in [0, 0.05) is 13.1 Å². The topological polar surface area (TPSA) is 58.7 Å². The summed E-state index contributed by atoms with van der Waals surface area (Å²) in [4.78, 5) is 19.8. The van der Waals surface area contributed by atoms with E-state index in [-0.39, 0.29) is 23.7 Å². The summed E-state index contributed by atoms with van der Waals surface area (Å²) in [5.41, 5.74) is 5.90. The minimum absolute atomic E-state index is 0. The van der Waals surface area contributed by atoms with Crippen molar-refractivity contribution in [1.82, 2.24) is 4.90 Å². The van der Waals surface area contributed by atoms with Crippen LogP contribution in [0.5, 0.6) is 0 Å². The summed E-state index contributed by atoms with van der Waals surface area (Å²) in [6, 6.07) is 0. The maximum atomic E-state index is 13.2. The second kappa shape index (κ2) is 32.8. The van der Waals surface area contributed by atoms with Crippen LogP contribution in [0.4, 0.5) is 0 Å². The number of amides is 1. The highest BCUT2D eigenvalue weighted by atomic mass is 35.5. The van der Waals surface area contributed by atoms with E-state index in [1.165, 1.54) is 173 Å². The summed E-state index contributed by atoms with van der Waals surface area (Å²) < 4.78 is 0. The van der Waals surface area contributed by atoms with E-state index in [1.54, 1.807) is 0 Å². The SMILES string of the molecule is CCCCCCCCCCCCCCCCCC(CCN1C=NCC1)(C(N)=O)C(C)CCCCCCCCCCCCCCC.Cl. The van der Waals surface area contributed by atoms with Gasteiger partial charge in [0.05, 0.1) is 18.3 Å². The van der Waals surface area contributed by atoms with E-state index in [2.05, 4.69) is 30.7 Å². The molecule has 2 unspecified atom stereocenters. The molecule has 0 aromatic carbocycles. The number of hydrogen-bond donors (Lipinski definition) is 1. The second-order valence-corrected chi connectivity index (χ2v) is 15.0. The zero-order valence-electron chi connectivity index (χ0n) is 31.5. The Morgan fingerprint density at radius 2 is 1.00 bits per heavy atom. The van der Waals surface area contributed by atoms with Crippen molar-refractivity contribution in [3.8, 4) is 0 Å². The Kier molecular flexibility index (Phi) is 32.2. The van der Waals surface area contributed by atoms with Gasteiger partial charge in [-0.1, -0.05) is 201 Å². The molecule has 1 rings (SSSR count). The predicted molar refractivity (Wildman–Crippen MR) is 207 cm³/mol. The molecule has 1 aliphatic heterocycles. The molecule has 2 N–H and O–H groups in total. The summed E-state index contributed by atoms with van der Waals surface area (Å²) >= 11 is 0. The molecule has 0 fully saturated rings. The van der Waals surface area contributed by atoms with Crippen LogP contribution in [-0.2, 0) is 4.79 Å². The number of unbranched alkanes of at least 4 members (excludes halogenated alkanes) is 26. The summed E-state index contributed by atoms with van der Waals surface area (Å²) in [7, 11) is 0. The predicted octanol–water partition coefficient (Wildman–Crippen LogP) is 13.0. The third kappa shape index (κ3) is 23.5. The first-order chi connectivity index (χ1) is 22.1. The van der Waals surface area contributed by atoms with Crippen molar-refractivity contribution in [1.29, 1.82) is 0 Å². The number of nitrogens with two attached hydrogens (primary N) is 1. The number of hydrogen-bond acceptors (Lipinski definition) is 3. The molecule has 0 saturated carbocycles.